The van der Waals surface area contributed by atoms with Gasteiger partial charge in [-0.25, -0.2) is 4.39 Å². The Morgan fingerprint density at radius 1 is 1.06 bits per heavy atom. The van der Waals surface area contributed by atoms with E-state index in [-0.39, 0.29) is 18.5 Å². The third kappa shape index (κ3) is 3.48. The summed E-state index contributed by atoms with van der Waals surface area (Å²) in [6.45, 7) is 3.76. The van der Waals surface area contributed by atoms with Gasteiger partial charge in [-0.15, -0.1) is 10.2 Å². The van der Waals surface area contributed by atoms with Gasteiger partial charge in [0.1, 0.15) is 11.6 Å². The molecule has 0 spiro atoms. The number of hydrogen-bond acceptors (Lipinski definition) is 6. The lowest BCUT2D eigenvalue weighted by atomic mass is 9.89. The minimum atomic E-state index is -0.401. The van der Waals surface area contributed by atoms with Gasteiger partial charge in [-0.2, -0.15) is 0 Å². The van der Waals surface area contributed by atoms with Crippen LogP contribution in [0.3, 0.4) is 0 Å². The van der Waals surface area contributed by atoms with E-state index in [1.54, 1.807) is 12.1 Å². The zero-order valence-electron chi connectivity index (χ0n) is 17.3. The summed E-state index contributed by atoms with van der Waals surface area (Å²) in [6, 6.07) is 11.9. The van der Waals surface area contributed by atoms with Gasteiger partial charge in [0.05, 0.1) is 0 Å². The van der Waals surface area contributed by atoms with Crippen LogP contribution in [0.2, 0.25) is 0 Å². The van der Waals surface area contributed by atoms with Gasteiger partial charge in [-0.05, 0) is 47.7 Å². The molecule has 3 aliphatic rings. The number of nitrogens with zero attached hydrogens (tertiary/aromatic N) is 4. The van der Waals surface area contributed by atoms with Gasteiger partial charge in [-0.1, -0.05) is 12.1 Å². The van der Waals surface area contributed by atoms with Crippen molar-refractivity contribution in [3.8, 4) is 11.5 Å². The molecule has 164 valence electrons. The Balaban J connectivity index is 1.14. The zero-order chi connectivity index (χ0) is 21.7. The first-order valence-corrected chi connectivity index (χ1v) is 10.7. The molecule has 1 saturated heterocycles. The van der Waals surface area contributed by atoms with Crippen LogP contribution in [0.15, 0.2) is 42.5 Å². The maximum Gasteiger partial charge on any atom is 0.293 e. The summed E-state index contributed by atoms with van der Waals surface area (Å²) >= 11 is 0. The number of likely N-dealkylation sites (tertiary alicyclic amines) is 1. The number of anilines is 1. The number of carbonyl (C=O) groups is 1. The van der Waals surface area contributed by atoms with E-state index in [2.05, 4.69) is 26.5 Å². The molecule has 1 amide bonds. The first-order chi connectivity index (χ1) is 15.6. The Morgan fingerprint density at radius 2 is 1.94 bits per heavy atom. The van der Waals surface area contributed by atoms with E-state index in [1.165, 1.54) is 17.7 Å². The molecule has 3 aromatic rings. The Bertz CT molecular complexity index is 1200. The Kier molecular flexibility index (Phi) is 4.57. The zero-order valence-corrected chi connectivity index (χ0v) is 17.3. The molecule has 4 heterocycles. The van der Waals surface area contributed by atoms with Crippen molar-refractivity contribution < 1.29 is 18.7 Å². The van der Waals surface area contributed by atoms with Gasteiger partial charge < -0.3 is 19.4 Å². The second-order valence-electron chi connectivity index (χ2n) is 8.62. The summed E-state index contributed by atoms with van der Waals surface area (Å²) in [6.07, 6.45) is 0.794. The molecule has 2 aromatic carbocycles. The van der Waals surface area contributed by atoms with E-state index in [1.807, 2.05) is 16.7 Å². The van der Waals surface area contributed by atoms with E-state index in [0.717, 1.165) is 43.4 Å². The number of amides is 1. The van der Waals surface area contributed by atoms with Crippen LogP contribution in [0.1, 0.15) is 22.0 Å². The van der Waals surface area contributed by atoms with Crippen LogP contribution in [0.25, 0.3) is 0 Å². The molecule has 6 rings (SSSR count). The Hall–Kier alpha value is -3.46. The smallest absolute Gasteiger partial charge is 0.293 e. The highest BCUT2D eigenvalue weighted by atomic mass is 19.1. The second kappa shape index (κ2) is 7.59. The molecule has 0 saturated carbocycles. The number of carbonyl (C=O) groups excluding carboxylic acids is 1. The Morgan fingerprint density at radius 3 is 2.84 bits per heavy atom. The van der Waals surface area contributed by atoms with Crippen molar-refractivity contribution >= 4 is 11.6 Å². The van der Waals surface area contributed by atoms with E-state index in [9.17, 15) is 9.18 Å². The van der Waals surface area contributed by atoms with Gasteiger partial charge in [0.2, 0.25) is 12.6 Å². The maximum absolute atomic E-state index is 13.4. The van der Waals surface area contributed by atoms with Crippen LogP contribution in [-0.4, -0.2) is 45.5 Å². The van der Waals surface area contributed by atoms with Crippen molar-refractivity contribution in [2.45, 2.75) is 19.5 Å². The van der Waals surface area contributed by atoms with Crippen molar-refractivity contribution in [3.05, 3.63) is 65.5 Å². The minimum Gasteiger partial charge on any atom is -0.454 e. The molecule has 8 nitrogen and oxygen atoms in total. The number of nitrogens with one attached hydrogen (secondary N) is 1. The van der Waals surface area contributed by atoms with Gasteiger partial charge in [0, 0.05) is 38.3 Å². The van der Waals surface area contributed by atoms with Crippen LogP contribution in [-0.2, 0) is 19.5 Å². The molecule has 2 atom stereocenters. The fourth-order valence-electron chi connectivity index (χ4n) is 4.97. The molecular weight excluding hydrogens is 413 g/mol. The monoisotopic (exact) mass is 435 g/mol. The van der Waals surface area contributed by atoms with Crippen LogP contribution in [0.5, 0.6) is 11.5 Å². The number of fused-ring (bicyclic) bond motifs is 3. The minimum absolute atomic E-state index is 0.275. The standard InChI is InChI=1S/C23H22FN5O3/c24-17-2-1-3-18(8-17)25-23(30)22-27-26-21-7-15-10-28(11-16(15)12-29(21)22)9-14-4-5-19-20(6-14)32-13-31-19/h1-6,8,15-16H,7,9-13H2,(H,25,30)/t15-,16+/m0/s1. The van der Waals surface area contributed by atoms with E-state index in [4.69, 9.17) is 9.47 Å². The van der Waals surface area contributed by atoms with Crippen molar-refractivity contribution in [3.63, 3.8) is 0 Å². The molecule has 3 aliphatic heterocycles. The highest BCUT2D eigenvalue weighted by Crippen LogP contribution is 2.36. The molecule has 1 N–H and O–H groups in total. The molecular formula is C23H22FN5O3. The summed E-state index contributed by atoms with van der Waals surface area (Å²) in [4.78, 5) is 15.2. The molecule has 9 heteroatoms. The van der Waals surface area contributed by atoms with Gasteiger partial charge in [0.15, 0.2) is 11.5 Å². The number of ether oxygens (including phenoxy) is 2. The fraction of sp³-hybridized carbons (Fsp3) is 0.348. The van der Waals surface area contributed by atoms with E-state index >= 15 is 0 Å². The van der Waals surface area contributed by atoms with Crippen molar-refractivity contribution in [2.75, 3.05) is 25.2 Å². The lowest BCUT2D eigenvalue weighted by Gasteiger charge is -2.25. The molecule has 1 aromatic heterocycles. The molecule has 1 fully saturated rings. The molecule has 0 radical (unpaired) electrons. The number of halogens is 1. The fourth-order valence-corrected chi connectivity index (χ4v) is 4.97. The summed E-state index contributed by atoms with van der Waals surface area (Å²) in [7, 11) is 0. The van der Waals surface area contributed by atoms with E-state index < -0.39 is 5.82 Å². The molecule has 0 aliphatic carbocycles. The van der Waals surface area contributed by atoms with Crippen LogP contribution >= 0.6 is 0 Å². The third-order valence-corrected chi connectivity index (χ3v) is 6.47. The van der Waals surface area contributed by atoms with Crippen LogP contribution < -0.4 is 14.8 Å². The number of hydrogen-bond donors (Lipinski definition) is 1. The lowest BCUT2D eigenvalue weighted by molar-refractivity contribution is 0.100. The Labute approximate surface area is 184 Å². The maximum atomic E-state index is 13.4. The average Bonchev–Trinajstić information content (AvgIpc) is 3.49. The molecule has 32 heavy (non-hydrogen) atoms. The third-order valence-electron chi connectivity index (χ3n) is 6.47. The van der Waals surface area contributed by atoms with Crippen LogP contribution in [0.4, 0.5) is 10.1 Å². The normalized spacial score (nSPS) is 21.3. The van der Waals surface area contributed by atoms with Gasteiger partial charge in [-0.3, -0.25) is 9.69 Å². The van der Waals surface area contributed by atoms with E-state index in [0.29, 0.717) is 24.1 Å². The average molecular weight is 435 g/mol. The SMILES string of the molecule is O=C(Nc1cccc(F)c1)c1nnc2n1C[C@H]1CN(Cc3ccc4c(c3)OCO4)C[C@@H]1C2. The van der Waals surface area contributed by atoms with Crippen molar-refractivity contribution in [1.29, 1.82) is 0 Å². The first-order valence-electron chi connectivity index (χ1n) is 10.7. The lowest BCUT2D eigenvalue weighted by Crippen LogP contribution is -2.31. The quantitative estimate of drug-likeness (QED) is 0.679. The topological polar surface area (TPSA) is 81.5 Å². The van der Waals surface area contributed by atoms with Gasteiger partial charge in [0.25, 0.3) is 5.91 Å². The molecule has 0 bridgehead atoms. The predicted octanol–water partition coefficient (Wildman–Crippen LogP) is 2.70. The largest absolute Gasteiger partial charge is 0.454 e. The van der Waals surface area contributed by atoms with Crippen molar-refractivity contribution in [1.82, 2.24) is 19.7 Å². The summed E-state index contributed by atoms with van der Waals surface area (Å²) in [5.41, 5.74) is 1.60. The van der Waals surface area contributed by atoms with Crippen molar-refractivity contribution in [2.24, 2.45) is 11.8 Å². The number of aromatic nitrogens is 3. The number of rotatable bonds is 4. The predicted molar refractivity (Wildman–Crippen MR) is 113 cm³/mol. The van der Waals surface area contributed by atoms with Gasteiger partial charge >= 0.3 is 0 Å². The highest BCUT2D eigenvalue weighted by Gasteiger charge is 2.39. The second-order valence-corrected chi connectivity index (χ2v) is 8.62. The molecule has 0 unspecified atom stereocenters. The van der Waals surface area contributed by atoms with Crippen LogP contribution in [0, 0.1) is 17.7 Å². The number of benzene rings is 2. The first kappa shape index (κ1) is 19.2. The summed E-state index contributed by atoms with van der Waals surface area (Å²) in [5.74, 6) is 2.85. The summed E-state index contributed by atoms with van der Waals surface area (Å²) in [5, 5.41) is 11.1. The highest BCUT2D eigenvalue weighted by molar-refractivity contribution is 6.01. The summed E-state index contributed by atoms with van der Waals surface area (Å²) < 4.78 is 26.2.